The number of thioether (sulfide) groups is 2. The van der Waals surface area contributed by atoms with Crippen LogP contribution in [0.4, 0.5) is 0 Å². The first-order valence-electron chi connectivity index (χ1n) is 22.7. The van der Waals surface area contributed by atoms with Gasteiger partial charge in [0.15, 0.2) is 0 Å². The molecule has 0 amide bonds. The second-order valence-corrected chi connectivity index (χ2v) is 18.8. The van der Waals surface area contributed by atoms with Crippen LogP contribution in [0.5, 0.6) is 0 Å². The molecule has 0 radical (unpaired) electrons. The molecule has 0 aromatic rings. The molecule has 5 nitrogen and oxygen atoms in total. The van der Waals surface area contributed by atoms with Crippen molar-refractivity contribution in [1.82, 2.24) is 0 Å². The largest absolute Gasteiger partial charge is 0.461 e. The van der Waals surface area contributed by atoms with E-state index < -0.39 is 0 Å². The summed E-state index contributed by atoms with van der Waals surface area (Å²) in [7, 11) is 0. The van der Waals surface area contributed by atoms with E-state index in [9.17, 15) is 14.7 Å². The first-order chi connectivity index (χ1) is 25.5. The van der Waals surface area contributed by atoms with Crippen molar-refractivity contribution in [2.45, 2.75) is 238 Å². The third kappa shape index (κ3) is 27.2. The molecule has 0 spiro atoms. The Hall–Kier alpha value is -0.400. The predicted octanol–water partition coefficient (Wildman–Crippen LogP) is 13.4. The van der Waals surface area contributed by atoms with Crippen molar-refractivity contribution in [3.05, 3.63) is 0 Å². The molecule has 2 aliphatic rings. The lowest BCUT2D eigenvalue weighted by Crippen LogP contribution is -2.22. The summed E-state index contributed by atoms with van der Waals surface area (Å²) in [5, 5.41) is 10.7. The molecule has 0 saturated heterocycles. The van der Waals surface area contributed by atoms with E-state index in [1.807, 2.05) is 23.5 Å². The Balaban J connectivity index is 1.61. The zero-order valence-corrected chi connectivity index (χ0v) is 35.9. The van der Waals surface area contributed by atoms with E-state index in [-0.39, 0.29) is 30.3 Å². The smallest absolute Gasteiger partial charge is 0.306 e. The molecule has 0 aromatic heterocycles. The maximum Gasteiger partial charge on any atom is 0.306 e. The number of esters is 2. The van der Waals surface area contributed by atoms with Gasteiger partial charge in [-0.15, -0.1) is 0 Å². The van der Waals surface area contributed by atoms with Crippen molar-refractivity contribution >= 4 is 35.5 Å². The lowest BCUT2D eigenvalue weighted by Gasteiger charge is -2.22. The molecule has 7 heteroatoms. The zero-order chi connectivity index (χ0) is 37.3. The SMILES string of the molecule is CCCCCCSCC(CCCCCC(O)CCCCCC(CSCCCCCC)OC(=O)CCC1CCCCC1)OC(=O)CCC1CCCCC1. The summed E-state index contributed by atoms with van der Waals surface area (Å²) in [5.74, 6) is 5.62. The van der Waals surface area contributed by atoms with Crippen LogP contribution in [0, 0.1) is 11.8 Å². The van der Waals surface area contributed by atoms with Crippen LogP contribution in [0.2, 0.25) is 0 Å². The van der Waals surface area contributed by atoms with Gasteiger partial charge >= 0.3 is 11.9 Å². The fourth-order valence-corrected chi connectivity index (χ4v) is 10.3. The molecule has 52 heavy (non-hydrogen) atoms. The van der Waals surface area contributed by atoms with Gasteiger partial charge in [-0.05, 0) is 87.5 Å². The van der Waals surface area contributed by atoms with E-state index in [0.29, 0.717) is 12.8 Å². The van der Waals surface area contributed by atoms with Crippen molar-refractivity contribution in [2.75, 3.05) is 23.0 Å². The van der Waals surface area contributed by atoms with Gasteiger partial charge in [-0.2, -0.15) is 23.5 Å². The third-order valence-corrected chi connectivity index (χ3v) is 13.9. The number of ether oxygens (including phenoxy) is 2. The summed E-state index contributed by atoms with van der Waals surface area (Å²) < 4.78 is 12.1. The molecule has 0 bridgehead atoms. The van der Waals surface area contributed by atoms with Crippen LogP contribution in [0.25, 0.3) is 0 Å². The number of rotatable bonds is 34. The number of carbonyl (C=O) groups excluding carboxylic acids is 2. The van der Waals surface area contributed by atoms with Crippen LogP contribution in [-0.4, -0.2) is 58.4 Å². The van der Waals surface area contributed by atoms with Crippen molar-refractivity contribution < 1.29 is 24.2 Å². The van der Waals surface area contributed by atoms with E-state index >= 15 is 0 Å². The molecule has 2 rings (SSSR count). The van der Waals surface area contributed by atoms with Gasteiger partial charge in [-0.3, -0.25) is 9.59 Å². The molecule has 0 aliphatic heterocycles. The maximum atomic E-state index is 12.8. The highest BCUT2D eigenvalue weighted by molar-refractivity contribution is 7.99. The molecule has 0 heterocycles. The van der Waals surface area contributed by atoms with Gasteiger partial charge in [0.25, 0.3) is 0 Å². The second kappa shape index (κ2) is 33.9. The normalized spacial score (nSPS) is 17.5. The summed E-state index contributed by atoms with van der Waals surface area (Å²) >= 11 is 3.91. The molecule has 2 atom stereocenters. The lowest BCUT2D eigenvalue weighted by atomic mass is 9.86. The van der Waals surface area contributed by atoms with Gasteiger partial charge < -0.3 is 14.6 Å². The van der Waals surface area contributed by atoms with E-state index in [0.717, 1.165) is 112 Å². The van der Waals surface area contributed by atoms with Crippen molar-refractivity contribution in [1.29, 1.82) is 0 Å². The van der Waals surface area contributed by atoms with E-state index in [1.165, 1.54) is 116 Å². The number of hydrogen-bond donors (Lipinski definition) is 1. The molecule has 2 fully saturated rings. The molecule has 1 N–H and O–H groups in total. The summed E-state index contributed by atoms with van der Waals surface area (Å²) in [6.45, 7) is 4.51. The van der Waals surface area contributed by atoms with Crippen LogP contribution < -0.4 is 0 Å². The fourth-order valence-electron chi connectivity index (χ4n) is 8.13. The van der Waals surface area contributed by atoms with Gasteiger partial charge in [0, 0.05) is 24.3 Å². The first kappa shape index (κ1) is 47.8. The van der Waals surface area contributed by atoms with Crippen molar-refractivity contribution in [2.24, 2.45) is 11.8 Å². The molecule has 306 valence electrons. The Bertz CT molecular complexity index is 763. The molecule has 0 aromatic carbocycles. The van der Waals surface area contributed by atoms with Crippen LogP contribution in [0.1, 0.15) is 219 Å². The standard InChI is InChI=1S/C45H84O5S2/c1-3-5-7-21-35-51-37-42(49-44(47)33-31-39-23-13-9-14-24-39)29-19-11-17-27-41(46)28-18-12-20-30-43(38-52-36-22-8-6-4-2)50-45(48)34-32-40-25-15-10-16-26-40/h39-43,46H,3-38H2,1-2H3. The van der Waals surface area contributed by atoms with E-state index in [4.69, 9.17) is 9.47 Å². The Labute approximate surface area is 330 Å². The van der Waals surface area contributed by atoms with Gasteiger partial charge in [-0.25, -0.2) is 0 Å². The van der Waals surface area contributed by atoms with Gasteiger partial charge in [0.2, 0.25) is 0 Å². The zero-order valence-electron chi connectivity index (χ0n) is 34.2. The van der Waals surface area contributed by atoms with Crippen LogP contribution in [-0.2, 0) is 19.1 Å². The number of hydrogen-bond acceptors (Lipinski definition) is 7. The first-order valence-corrected chi connectivity index (χ1v) is 25.0. The fraction of sp³-hybridized carbons (Fsp3) is 0.956. The van der Waals surface area contributed by atoms with Crippen molar-refractivity contribution in [3.63, 3.8) is 0 Å². The Kier molecular flexibility index (Phi) is 31.1. The highest BCUT2D eigenvalue weighted by Crippen LogP contribution is 2.29. The number of carbonyl (C=O) groups is 2. The molecule has 2 aliphatic carbocycles. The van der Waals surface area contributed by atoms with Crippen LogP contribution in [0.3, 0.4) is 0 Å². The average molecular weight is 769 g/mol. The molecular weight excluding hydrogens is 685 g/mol. The minimum absolute atomic E-state index is 0.0119. The number of unbranched alkanes of at least 4 members (excludes halogenated alkanes) is 10. The van der Waals surface area contributed by atoms with Crippen LogP contribution >= 0.6 is 23.5 Å². The predicted molar refractivity (Wildman–Crippen MR) is 226 cm³/mol. The molecule has 2 saturated carbocycles. The van der Waals surface area contributed by atoms with Gasteiger partial charge in [0.05, 0.1) is 6.10 Å². The maximum absolute atomic E-state index is 12.8. The number of aliphatic hydroxyl groups excluding tert-OH is 1. The second-order valence-electron chi connectivity index (χ2n) is 16.5. The average Bonchev–Trinajstić information content (AvgIpc) is 3.16. The lowest BCUT2D eigenvalue weighted by molar-refractivity contribution is -0.149. The topological polar surface area (TPSA) is 72.8 Å². The highest BCUT2D eigenvalue weighted by atomic mass is 32.2. The van der Waals surface area contributed by atoms with E-state index in [1.54, 1.807) is 0 Å². The minimum atomic E-state index is -0.237. The van der Waals surface area contributed by atoms with Gasteiger partial charge in [-0.1, -0.05) is 142 Å². The van der Waals surface area contributed by atoms with Gasteiger partial charge in [0.1, 0.15) is 12.2 Å². The Morgan fingerprint density at radius 3 is 1.33 bits per heavy atom. The summed E-state index contributed by atoms with van der Waals surface area (Å²) in [6, 6.07) is 0. The Morgan fingerprint density at radius 1 is 0.538 bits per heavy atom. The summed E-state index contributed by atoms with van der Waals surface area (Å²) in [6.07, 6.45) is 36.3. The Morgan fingerprint density at radius 2 is 0.923 bits per heavy atom. The third-order valence-electron chi connectivity index (χ3n) is 11.6. The molecule has 2 unspecified atom stereocenters. The number of aliphatic hydroxyl groups is 1. The molecular formula is C45H84O5S2. The summed E-state index contributed by atoms with van der Waals surface area (Å²) in [5.41, 5.74) is 0. The highest BCUT2D eigenvalue weighted by Gasteiger charge is 2.20. The van der Waals surface area contributed by atoms with Crippen molar-refractivity contribution in [3.8, 4) is 0 Å². The van der Waals surface area contributed by atoms with E-state index in [2.05, 4.69) is 13.8 Å². The quantitative estimate of drug-likeness (QED) is 0.0516. The monoisotopic (exact) mass is 769 g/mol. The van der Waals surface area contributed by atoms with Crippen LogP contribution in [0.15, 0.2) is 0 Å². The summed E-state index contributed by atoms with van der Waals surface area (Å²) in [4.78, 5) is 25.5. The minimum Gasteiger partial charge on any atom is -0.461 e.